The van der Waals surface area contributed by atoms with Crippen LogP contribution in [0.4, 0.5) is 9.18 Å². The van der Waals surface area contributed by atoms with Gasteiger partial charge in [-0.05, 0) is 127 Å². The van der Waals surface area contributed by atoms with Crippen LogP contribution in [0.3, 0.4) is 0 Å². The summed E-state index contributed by atoms with van der Waals surface area (Å²) in [6.45, 7) is 17.1. The average Bonchev–Trinajstić information content (AvgIpc) is 3.93. The molecule has 1 atom stereocenters. The number of hydrogen-bond donors (Lipinski definition) is 3. The van der Waals surface area contributed by atoms with Crippen LogP contribution in [0.5, 0.6) is 11.5 Å². The zero-order valence-corrected chi connectivity index (χ0v) is 44.2. The van der Waals surface area contributed by atoms with E-state index >= 15 is 0 Å². The van der Waals surface area contributed by atoms with E-state index in [9.17, 15) is 33.8 Å². The lowest BCUT2D eigenvalue weighted by atomic mass is 9.63. The van der Waals surface area contributed by atoms with E-state index in [-0.39, 0.29) is 63.6 Å². The first-order valence-corrected chi connectivity index (χ1v) is 27.3. The molecule has 3 aromatic carbocycles. The van der Waals surface area contributed by atoms with Gasteiger partial charge < -0.3 is 39.3 Å². The van der Waals surface area contributed by atoms with E-state index in [1.807, 2.05) is 55.3 Å². The highest BCUT2D eigenvalue weighted by Gasteiger charge is 2.52. The molecule has 5 aliphatic rings. The second-order valence-corrected chi connectivity index (χ2v) is 24.6. The summed E-state index contributed by atoms with van der Waals surface area (Å²) in [5.74, 6) is -0.961. The molecule has 1 spiro atoms. The van der Waals surface area contributed by atoms with Gasteiger partial charge in [-0.25, -0.2) is 14.2 Å². The quantitative estimate of drug-likeness (QED) is 0.0700. The Kier molecular flexibility index (Phi) is 14.6. The van der Waals surface area contributed by atoms with E-state index < -0.39 is 0 Å². The molecule has 5 heterocycles. The molecule has 1 unspecified atom stereocenters. The molecule has 1 saturated carbocycles. The van der Waals surface area contributed by atoms with Crippen molar-refractivity contribution >= 4 is 50.8 Å². The van der Waals surface area contributed by atoms with Gasteiger partial charge in [-0.15, -0.1) is 0 Å². The minimum atomic E-state index is -0.385. The number of likely N-dealkylation sites (tertiary alicyclic amines) is 1. The molecule has 0 bridgehead atoms. The number of aromatic hydroxyl groups is 2. The van der Waals surface area contributed by atoms with Crippen LogP contribution < -0.4 is 10.9 Å². The second kappa shape index (κ2) is 20.5. The van der Waals surface area contributed by atoms with Crippen molar-refractivity contribution in [3.63, 3.8) is 0 Å². The minimum Gasteiger partial charge on any atom is -0.508 e. The zero-order valence-electron chi connectivity index (χ0n) is 42.6. The number of amides is 2. The van der Waals surface area contributed by atoms with Crippen LogP contribution in [0.1, 0.15) is 138 Å². The van der Waals surface area contributed by atoms with Crippen molar-refractivity contribution in [2.24, 2.45) is 5.41 Å². The molecule has 2 amide bonds. The van der Waals surface area contributed by atoms with E-state index in [0.29, 0.717) is 76.8 Å². The molecular weight excluding hydrogens is 954 g/mol. The molecule has 16 heteroatoms. The number of benzene rings is 3. The first-order chi connectivity index (χ1) is 34.4. The summed E-state index contributed by atoms with van der Waals surface area (Å²) in [6.07, 6.45) is 6.27. The number of ether oxygens (including phenoxy) is 2. The summed E-state index contributed by atoms with van der Waals surface area (Å²) >= 11 is 0. The number of phenolic OH excluding ortho intramolecular Hbond substituents is 2. The molecule has 2 aliphatic carbocycles. The number of aldehydes is 1. The van der Waals surface area contributed by atoms with E-state index in [0.717, 1.165) is 78.5 Å². The maximum Gasteiger partial charge on any atom is 0.406 e. The smallest absolute Gasteiger partial charge is 0.406 e. The summed E-state index contributed by atoms with van der Waals surface area (Å²) in [7, 11) is 6.87. The predicted molar refractivity (Wildman–Crippen MR) is 281 cm³/mol. The Hall–Kier alpha value is -5.42. The number of alkyl carbamates (subject to hydrolysis) is 1. The number of nitrogens with one attached hydrogen (secondary N) is 1. The second-order valence-electron chi connectivity index (χ2n) is 21.4. The third-order valence-corrected chi connectivity index (χ3v) is 19.0. The maximum atomic E-state index is 14.6. The summed E-state index contributed by atoms with van der Waals surface area (Å²) in [5.41, 5.74) is 12.1. The van der Waals surface area contributed by atoms with Gasteiger partial charge in [0.15, 0.2) is 0 Å². The Bertz CT molecular complexity index is 3030. The largest absolute Gasteiger partial charge is 0.508 e. The summed E-state index contributed by atoms with van der Waals surface area (Å²) in [6, 6.07) is 12.9. The lowest BCUT2D eigenvalue weighted by Crippen LogP contribution is -2.62. The topological polar surface area (TPSA) is 164 Å². The Morgan fingerprint density at radius 3 is 2.43 bits per heavy atom. The highest BCUT2D eigenvalue weighted by molar-refractivity contribution is 8.77. The number of methoxy groups -OCH3 is 1. The van der Waals surface area contributed by atoms with Crippen LogP contribution in [-0.2, 0) is 59.9 Å². The number of halogens is 1. The first-order valence-electron chi connectivity index (χ1n) is 25.1. The number of fused-ring (bicyclic) bond motifs is 5. The van der Waals surface area contributed by atoms with E-state index in [1.54, 1.807) is 29.7 Å². The lowest BCUT2D eigenvalue weighted by molar-refractivity contribution is -0.109. The van der Waals surface area contributed by atoms with Crippen LogP contribution in [0.25, 0.3) is 22.3 Å². The van der Waals surface area contributed by atoms with Gasteiger partial charge in [0.2, 0.25) is 0 Å². The Morgan fingerprint density at radius 2 is 1.74 bits per heavy atom. The molecule has 72 heavy (non-hydrogen) atoms. The van der Waals surface area contributed by atoms with Crippen LogP contribution in [0.15, 0.2) is 47.3 Å². The Labute approximate surface area is 428 Å². The van der Waals surface area contributed by atoms with Gasteiger partial charge >= 0.3 is 6.09 Å². The number of hydrogen-bond acceptors (Lipinski definition) is 12. The molecule has 13 nitrogen and oxygen atoms in total. The molecule has 0 radical (unpaired) electrons. The minimum absolute atomic E-state index is 0.0137. The molecule has 10 rings (SSSR count). The van der Waals surface area contributed by atoms with Gasteiger partial charge in [-0.2, -0.15) is 0 Å². The van der Waals surface area contributed by atoms with Gasteiger partial charge in [0.25, 0.3) is 11.5 Å². The fourth-order valence-corrected chi connectivity index (χ4v) is 14.6. The van der Waals surface area contributed by atoms with Crippen LogP contribution in [0.2, 0.25) is 0 Å². The number of carbonyl (C=O) groups excluding carboxylic acids is 3. The third kappa shape index (κ3) is 9.88. The van der Waals surface area contributed by atoms with Crippen molar-refractivity contribution in [1.82, 2.24) is 24.7 Å². The number of aryl methyl sites for hydroxylation is 2. The molecule has 3 aliphatic heterocycles. The van der Waals surface area contributed by atoms with Gasteiger partial charge in [-0.1, -0.05) is 60.6 Å². The summed E-state index contributed by atoms with van der Waals surface area (Å²) < 4.78 is 26.8. The fourth-order valence-electron chi connectivity index (χ4n) is 11.5. The van der Waals surface area contributed by atoms with Gasteiger partial charge in [-0.3, -0.25) is 14.5 Å². The molecular formula is C56H66FN5O8S2. The van der Waals surface area contributed by atoms with Crippen molar-refractivity contribution in [3.8, 4) is 22.9 Å². The molecule has 5 aromatic rings. The van der Waals surface area contributed by atoms with E-state index in [2.05, 4.69) is 42.3 Å². The molecule has 2 fully saturated rings. The Morgan fingerprint density at radius 1 is 1.00 bits per heavy atom. The summed E-state index contributed by atoms with van der Waals surface area (Å²) in [4.78, 5) is 59.0. The van der Waals surface area contributed by atoms with Crippen molar-refractivity contribution in [1.29, 1.82) is 0 Å². The van der Waals surface area contributed by atoms with Gasteiger partial charge in [0.1, 0.15) is 30.2 Å². The lowest BCUT2D eigenvalue weighted by Gasteiger charge is -2.59. The first kappa shape index (κ1) is 51.5. The van der Waals surface area contributed by atoms with Gasteiger partial charge in [0.05, 0.1) is 40.4 Å². The fraction of sp³-hybridized carbons (Fsp3) is 0.482. The molecule has 3 N–H and O–H groups in total. The van der Waals surface area contributed by atoms with Crippen molar-refractivity contribution in [2.45, 2.75) is 135 Å². The van der Waals surface area contributed by atoms with Gasteiger partial charge in [0, 0.05) is 86.7 Å². The number of rotatable bonds is 14. The number of carbonyl (C=O) groups is 3. The van der Waals surface area contributed by atoms with Crippen molar-refractivity contribution < 1.29 is 38.5 Å². The van der Waals surface area contributed by atoms with Crippen molar-refractivity contribution in [2.75, 3.05) is 33.9 Å². The molecule has 2 aromatic heterocycles. The third-order valence-electron chi connectivity index (χ3n) is 15.2. The average molecular weight is 1020 g/mol. The highest BCUT2D eigenvalue weighted by Crippen LogP contribution is 2.57. The zero-order chi connectivity index (χ0) is 51.4. The molecule has 1 saturated heterocycles. The predicted octanol–water partition coefficient (Wildman–Crippen LogP) is 10.1. The van der Waals surface area contributed by atoms with Crippen LogP contribution >= 0.6 is 21.6 Å². The highest BCUT2D eigenvalue weighted by atomic mass is 33.1. The number of phenols is 2. The standard InChI is InChI=1S/C31H41N3O5S2.C25H25FN2O3/c1-19(2)24-9-25(27(36)10-26(24)35)28(37)34-14-21-7-6-20(8-22(21)15-34)13-33-16-31(17-33)11-23(12-31)40-41-30(3,4)18-39-29(38)32-5;1-4-14(11-29)17-8-22-24-18(10-28(22)25(30)19(17)12-31-3)16-7-5-6-15-13(2)20(26)9-21(27-24)23(15)16/h6-10,19,23,35-36H,11-18H2,1-5H3,(H,32,38);8-9,11,14H,4-7,10,12H2,1-3H3. The monoisotopic (exact) mass is 1020 g/mol. The summed E-state index contributed by atoms with van der Waals surface area (Å²) in [5, 5.41) is 24.7. The van der Waals surface area contributed by atoms with Crippen LogP contribution in [0, 0.1) is 18.2 Å². The van der Waals surface area contributed by atoms with E-state index in [4.69, 9.17) is 14.5 Å². The number of aromatic nitrogens is 2. The molecule has 382 valence electrons. The van der Waals surface area contributed by atoms with E-state index in [1.165, 1.54) is 36.1 Å². The maximum absolute atomic E-state index is 14.6. The number of pyridine rings is 2. The van der Waals surface area contributed by atoms with Crippen molar-refractivity contribution in [3.05, 3.63) is 120 Å². The number of nitrogens with zero attached hydrogens (tertiary/aromatic N) is 4. The normalized spacial score (nSPS) is 16.9. The Balaban J connectivity index is 0.000000184. The SMILES string of the molecule is CCC(C=O)c1cc2n(c(=O)c1COC)Cc1c-2nc2cc(F)c(C)c3c2c1CCC3.CNC(=O)OCC(C)(C)SSC1CC2(C1)CN(Cc1ccc3c(c1)CN(C(=O)c1cc(C(C)C)c(O)cc1O)C3)C2. The van der Waals surface area contributed by atoms with Crippen LogP contribution in [-0.4, -0.2) is 91.7 Å².